The molecule has 0 bridgehead atoms. The fourth-order valence-corrected chi connectivity index (χ4v) is 2.49. The van der Waals surface area contributed by atoms with Crippen molar-refractivity contribution in [3.63, 3.8) is 0 Å². The monoisotopic (exact) mass is 270 g/mol. The van der Waals surface area contributed by atoms with Crippen LogP contribution in [0.4, 0.5) is 8.78 Å². The highest BCUT2D eigenvalue weighted by molar-refractivity contribution is 5.23. The van der Waals surface area contributed by atoms with E-state index in [9.17, 15) is 13.9 Å². The fraction of sp³-hybridized carbons (Fsp3) is 0.625. The largest absolute Gasteiger partial charge is 0.385 e. The summed E-state index contributed by atoms with van der Waals surface area (Å²) in [5, 5.41) is 10.5. The third-order valence-electron chi connectivity index (χ3n) is 3.71. The Kier molecular flexibility index (Phi) is 5.92. The van der Waals surface area contributed by atoms with E-state index in [4.69, 9.17) is 0 Å². The van der Waals surface area contributed by atoms with Crippen molar-refractivity contribution in [2.75, 3.05) is 0 Å². The van der Waals surface area contributed by atoms with Gasteiger partial charge in [-0.05, 0) is 37.0 Å². The molecule has 0 aliphatic heterocycles. The van der Waals surface area contributed by atoms with Gasteiger partial charge in [-0.3, -0.25) is 0 Å². The summed E-state index contributed by atoms with van der Waals surface area (Å²) in [4.78, 5) is 0. The molecule has 0 aliphatic carbocycles. The van der Waals surface area contributed by atoms with Crippen molar-refractivity contribution in [2.45, 2.75) is 58.5 Å². The Morgan fingerprint density at radius 2 is 1.74 bits per heavy atom. The Hall–Kier alpha value is -0.960. The van der Waals surface area contributed by atoms with Gasteiger partial charge >= 0.3 is 0 Å². The van der Waals surface area contributed by atoms with Gasteiger partial charge in [0.1, 0.15) is 11.6 Å². The van der Waals surface area contributed by atoms with Crippen LogP contribution in [0.1, 0.15) is 58.4 Å². The van der Waals surface area contributed by atoms with Crippen LogP contribution in [-0.2, 0) is 5.60 Å². The van der Waals surface area contributed by atoms with Crippen LogP contribution in [-0.4, -0.2) is 5.11 Å². The highest BCUT2D eigenvalue weighted by Gasteiger charge is 2.27. The van der Waals surface area contributed by atoms with Gasteiger partial charge in [-0.2, -0.15) is 0 Å². The van der Waals surface area contributed by atoms with E-state index < -0.39 is 17.2 Å². The van der Waals surface area contributed by atoms with Crippen molar-refractivity contribution in [1.82, 2.24) is 0 Å². The predicted octanol–water partition coefficient (Wildman–Crippen LogP) is 4.78. The lowest BCUT2D eigenvalue weighted by Crippen LogP contribution is -2.25. The van der Waals surface area contributed by atoms with Crippen LogP contribution in [0.5, 0.6) is 0 Å². The van der Waals surface area contributed by atoms with Crippen LogP contribution in [0.25, 0.3) is 0 Å². The first kappa shape index (κ1) is 16.1. The second-order valence-electron chi connectivity index (χ2n) is 5.55. The second-order valence-corrected chi connectivity index (χ2v) is 5.55. The molecule has 0 saturated carbocycles. The molecule has 1 aromatic carbocycles. The first-order valence-electron chi connectivity index (χ1n) is 7.08. The number of unbranched alkanes of at least 4 members (excludes halogenated alkanes) is 1. The van der Waals surface area contributed by atoms with Gasteiger partial charge in [0.15, 0.2) is 0 Å². The Labute approximate surface area is 114 Å². The molecule has 2 unspecified atom stereocenters. The fourth-order valence-electron chi connectivity index (χ4n) is 2.49. The summed E-state index contributed by atoms with van der Waals surface area (Å²) in [7, 11) is 0. The summed E-state index contributed by atoms with van der Waals surface area (Å²) >= 11 is 0. The van der Waals surface area contributed by atoms with Crippen LogP contribution in [0.3, 0.4) is 0 Å². The van der Waals surface area contributed by atoms with Crippen molar-refractivity contribution in [3.8, 4) is 0 Å². The van der Waals surface area contributed by atoms with Gasteiger partial charge in [-0.15, -0.1) is 0 Å². The quantitative estimate of drug-likeness (QED) is 0.756. The predicted molar refractivity (Wildman–Crippen MR) is 73.9 cm³/mol. The van der Waals surface area contributed by atoms with Crippen molar-refractivity contribution in [2.24, 2.45) is 5.92 Å². The molecule has 1 nitrogen and oxygen atoms in total. The lowest BCUT2D eigenvalue weighted by molar-refractivity contribution is 0.0269. The highest BCUT2D eigenvalue weighted by atomic mass is 19.1. The first-order valence-corrected chi connectivity index (χ1v) is 7.08. The maximum atomic E-state index is 13.2. The van der Waals surface area contributed by atoms with E-state index in [1.807, 2.05) is 0 Å². The minimum Gasteiger partial charge on any atom is -0.385 e. The van der Waals surface area contributed by atoms with Crippen LogP contribution in [0, 0.1) is 17.6 Å². The molecule has 1 N–H and O–H groups in total. The molecule has 0 heterocycles. The molecule has 0 spiro atoms. The number of hydrogen-bond donors (Lipinski definition) is 1. The van der Waals surface area contributed by atoms with E-state index in [0.717, 1.165) is 31.7 Å². The minimum absolute atomic E-state index is 0.319. The van der Waals surface area contributed by atoms with Crippen molar-refractivity contribution < 1.29 is 13.9 Å². The Morgan fingerprint density at radius 1 is 1.16 bits per heavy atom. The third-order valence-corrected chi connectivity index (χ3v) is 3.71. The van der Waals surface area contributed by atoms with Crippen molar-refractivity contribution in [1.29, 1.82) is 0 Å². The molecule has 19 heavy (non-hydrogen) atoms. The van der Waals surface area contributed by atoms with Crippen LogP contribution in [0.15, 0.2) is 18.2 Å². The molecule has 3 heteroatoms. The van der Waals surface area contributed by atoms with Gasteiger partial charge in [0.2, 0.25) is 0 Å². The van der Waals surface area contributed by atoms with Gasteiger partial charge in [-0.25, -0.2) is 8.78 Å². The van der Waals surface area contributed by atoms with E-state index >= 15 is 0 Å². The zero-order chi connectivity index (χ0) is 14.5. The summed E-state index contributed by atoms with van der Waals surface area (Å²) in [5.41, 5.74) is -0.864. The van der Waals surface area contributed by atoms with E-state index in [-0.39, 0.29) is 0 Å². The zero-order valence-electron chi connectivity index (χ0n) is 12.0. The molecule has 0 fully saturated rings. The topological polar surface area (TPSA) is 20.2 Å². The summed E-state index contributed by atoms with van der Waals surface area (Å²) in [5.74, 6) is -0.907. The van der Waals surface area contributed by atoms with E-state index in [2.05, 4.69) is 13.8 Å². The number of benzene rings is 1. The lowest BCUT2D eigenvalue weighted by atomic mass is 9.82. The molecule has 108 valence electrons. The van der Waals surface area contributed by atoms with Gasteiger partial charge in [0.25, 0.3) is 0 Å². The SMILES string of the molecule is CCCCC(CC)CC(C)(O)c1cc(F)cc(F)c1. The van der Waals surface area contributed by atoms with Gasteiger partial charge < -0.3 is 5.11 Å². The Balaban J connectivity index is 2.83. The lowest BCUT2D eigenvalue weighted by Gasteiger charge is -2.28. The van der Waals surface area contributed by atoms with E-state index in [1.54, 1.807) is 6.92 Å². The normalized spacial score (nSPS) is 16.1. The molecule has 0 saturated heterocycles. The van der Waals surface area contributed by atoms with Gasteiger partial charge in [-0.1, -0.05) is 39.5 Å². The van der Waals surface area contributed by atoms with E-state index in [1.165, 1.54) is 12.1 Å². The van der Waals surface area contributed by atoms with Gasteiger partial charge in [0.05, 0.1) is 5.60 Å². The molecule has 0 aromatic heterocycles. The maximum absolute atomic E-state index is 13.2. The molecular formula is C16H24F2O. The van der Waals surface area contributed by atoms with E-state index in [0.29, 0.717) is 17.9 Å². The molecule has 2 atom stereocenters. The molecule has 0 amide bonds. The molecule has 0 aliphatic rings. The van der Waals surface area contributed by atoms with Crippen LogP contribution < -0.4 is 0 Å². The van der Waals surface area contributed by atoms with Crippen molar-refractivity contribution >= 4 is 0 Å². The number of rotatable bonds is 7. The first-order chi connectivity index (χ1) is 8.89. The highest BCUT2D eigenvalue weighted by Crippen LogP contribution is 2.32. The molecule has 1 aromatic rings. The summed E-state index contributed by atoms with van der Waals surface area (Å²) in [6, 6.07) is 3.26. The molecule has 0 radical (unpaired) electrons. The summed E-state index contributed by atoms with van der Waals surface area (Å²) in [6.07, 6.45) is 4.78. The number of aliphatic hydroxyl groups is 1. The second kappa shape index (κ2) is 6.99. The number of hydrogen-bond acceptors (Lipinski definition) is 1. The zero-order valence-corrected chi connectivity index (χ0v) is 12.0. The summed E-state index contributed by atoms with van der Waals surface area (Å²) in [6.45, 7) is 5.85. The van der Waals surface area contributed by atoms with Gasteiger partial charge in [0, 0.05) is 6.07 Å². The maximum Gasteiger partial charge on any atom is 0.126 e. The Bertz CT molecular complexity index is 381. The average Bonchev–Trinajstić information content (AvgIpc) is 2.33. The Morgan fingerprint density at radius 3 is 2.21 bits per heavy atom. The standard InChI is InChI=1S/C16H24F2O/c1-4-6-7-12(5-2)11-16(3,19)13-8-14(17)10-15(18)9-13/h8-10,12,19H,4-7,11H2,1-3H3. The number of halogens is 2. The average molecular weight is 270 g/mol. The smallest absolute Gasteiger partial charge is 0.126 e. The minimum atomic E-state index is -1.18. The molecule has 1 rings (SSSR count). The summed E-state index contributed by atoms with van der Waals surface area (Å²) < 4.78 is 26.5. The molecular weight excluding hydrogens is 246 g/mol. The van der Waals surface area contributed by atoms with Crippen LogP contribution >= 0.6 is 0 Å². The van der Waals surface area contributed by atoms with Crippen molar-refractivity contribution in [3.05, 3.63) is 35.4 Å². The van der Waals surface area contributed by atoms with Crippen LogP contribution in [0.2, 0.25) is 0 Å². The third kappa shape index (κ3) is 4.90.